The van der Waals surface area contributed by atoms with Crippen LogP contribution in [0, 0.1) is 0 Å². The van der Waals surface area contributed by atoms with Crippen LogP contribution in [0.3, 0.4) is 0 Å². The third-order valence-corrected chi connectivity index (χ3v) is 5.66. The molecule has 1 aromatic rings. The molecule has 0 saturated carbocycles. The Morgan fingerprint density at radius 2 is 1.53 bits per heavy atom. The van der Waals surface area contributed by atoms with Gasteiger partial charge in [0.1, 0.15) is 6.54 Å². The fraction of sp³-hybridized carbons (Fsp3) is 0.269. The maximum absolute atomic E-state index is 13.4. The van der Waals surface area contributed by atoms with Crippen LogP contribution in [0.5, 0.6) is 0 Å². The van der Waals surface area contributed by atoms with E-state index in [2.05, 4.69) is 5.32 Å². The van der Waals surface area contributed by atoms with Gasteiger partial charge in [0.25, 0.3) is 10.0 Å². The maximum atomic E-state index is 13.4. The van der Waals surface area contributed by atoms with Gasteiger partial charge in [-0.3, -0.25) is 9.10 Å². The van der Waals surface area contributed by atoms with Gasteiger partial charge in [-0.2, -0.15) is 0 Å². The van der Waals surface area contributed by atoms with E-state index in [4.69, 9.17) is 0 Å². The van der Waals surface area contributed by atoms with E-state index in [-0.39, 0.29) is 11.4 Å². The highest BCUT2D eigenvalue weighted by atomic mass is 32.2. The number of sulfonamides is 1. The van der Waals surface area contributed by atoms with Gasteiger partial charge in [-0.15, -0.1) is 0 Å². The number of carbonyl (C=O) groups excluding carboxylic acids is 1. The number of benzene rings is 1. The van der Waals surface area contributed by atoms with E-state index in [0.717, 1.165) is 4.31 Å². The highest BCUT2D eigenvalue weighted by molar-refractivity contribution is 7.93. The van der Waals surface area contributed by atoms with Crippen molar-refractivity contribution in [2.45, 2.75) is 41.5 Å². The van der Waals surface area contributed by atoms with E-state index in [1.807, 2.05) is 32.9 Å². The molecule has 0 radical (unpaired) electrons. The number of amides is 1. The van der Waals surface area contributed by atoms with Crippen LogP contribution in [0.25, 0.3) is 0 Å². The zero-order valence-corrected chi connectivity index (χ0v) is 20.8. The lowest BCUT2D eigenvalue weighted by Gasteiger charge is -2.25. The van der Waals surface area contributed by atoms with Crippen LogP contribution < -0.4 is 5.32 Å². The molecule has 0 spiro atoms. The lowest BCUT2D eigenvalue weighted by atomic mass is 10.3. The SMILES string of the molecule is CC.C\C=C/C=C\C(=C/C)N(CC(=O)Nc1ccccc1)S(=O)(=O)C(/C=C\C)=C/C=C\C. The number of hydrogen-bond acceptors (Lipinski definition) is 3. The van der Waals surface area contributed by atoms with Gasteiger partial charge < -0.3 is 5.32 Å². The second-order valence-electron chi connectivity index (χ2n) is 6.12. The van der Waals surface area contributed by atoms with Crippen molar-refractivity contribution in [3.05, 3.63) is 102 Å². The molecule has 0 bridgehead atoms. The van der Waals surface area contributed by atoms with Crippen LogP contribution in [-0.2, 0) is 14.8 Å². The third-order valence-electron chi connectivity index (χ3n) is 3.87. The minimum atomic E-state index is -3.98. The standard InChI is InChI=1S/C24H30N2O3S.C2H6/c1-5-9-12-18-22(8-4)26(20-24(27)25-21-16-13-11-14-17-21)30(28,29)23(15-7-3)19-10-6-2;1-2/h5-19H,20H2,1-4H3,(H,25,27);1-2H3/b9-5-,10-6-,15-7-,18-12-,22-8+,23-19+;. The van der Waals surface area contributed by atoms with Crippen molar-refractivity contribution < 1.29 is 13.2 Å². The molecule has 1 aromatic carbocycles. The quantitative estimate of drug-likeness (QED) is 0.417. The molecule has 32 heavy (non-hydrogen) atoms. The molecule has 0 saturated heterocycles. The molecule has 174 valence electrons. The largest absolute Gasteiger partial charge is 0.325 e. The Kier molecular flexibility index (Phi) is 14.9. The molecule has 1 N–H and O–H groups in total. The summed E-state index contributed by atoms with van der Waals surface area (Å²) in [6.07, 6.45) is 16.8. The monoisotopic (exact) mass is 456 g/mol. The van der Waals surface area contributed by atoms with Crippen molar-refractivity contribution in [3.8, 4) is 0 Å². The normalized spacial score (nSPS) is 13.1. The molecule has 0 fully saturated rings. The van der Waals surface area contributed by atoms with Gasteiger partial charge in [-0.05, 0) is 58.1 Å². The summed E-state index contributed by atoms with van der Waals surface area (Å²) in [4.78, 5) is 12.8. The summed E-state index contributed by atoms with van der Waals surface area (Å²) in [5, 5.41) is 2.74. The average Bonchev–Trinajstić information content (AvgIpc) is 2.80. The summed E-state index contributed by atoms with van der Waals surface area (Å²) >= 11 is 0. The van der Waals surface area contributed by atoms with E-state index in [9.17, 15) is 13.2 Å². The Balaban J connectivity index is 0.00000466. The molecule has 5 nitrogen and oxygen atoms in total. The zero-order chi connectivity index (χ0) is 24.4. The highest BCUT2D eigenvalue weighted by Gasteiger charge is 2.28. The maximum Gasteiger partial charge on any atom is 0.264 e. The molecule has 6 heteroatoms. The summed E-state index contributed by atoms with van der Waals surface area (Å²) in [7, 11) is -3.98. The van der Waals surface area contributed by atoms with Gasteiger partial charge >= 0.3 is 0 Å². The highest BCUT2D eigenvalue weighted by Crippen LogP contribution is 2.22. The zero-order valence-electron chi connectivity index (χ0n) is 19.9. The van der Waals surface area contributed by atoms with E-state index in [0.29, 0.717) is 11.4 Å². The first-order chi connectivity index (χ1) is 15.4. The molecule has 0 aliphatic carbocycles. The second kappa shape index (κ2) is 16.6. The molecule has 0 aliphatic heterocycles. The smallest absolute Gasteiger partial charge is 0.264 e. The number of nitrogens with one attached hydrogen (secondary N) is 1. The van der Waals surface area contributed by atoms with Crippen molar-refractivity contribution in [2.75, 3.05) is 11.9 Å². The lowest BCUT2D eigenvalue weighted by molar-refractivity contribution is -0.116. The number of hydrogen-bond donors (Lipinski definition) is 1. The van der Waals surface area contributed by atoms with Gasteiger partial charge in [0.2, 0.25) is 5.91 Å². The molecular weight excluding hydrogens is 420 g/mol. The van der Waals surface area contributed by atoms with Gasteiger partial charge in [-0.25, -0.2) is 8.42 Å². The number of carbonyl (C=O) groups is 1. The van der Waals surface area contributed by atoms with Crippen LogP contribution >= 0.6 is 0 Å². The van der Waals surface area contributed by atoms with E-state index >= 15 is 0 Å². The number of rotatable bonds is 10. The Labute approximate surface area is 194 Å². The molecule has 0 heterocycles. The van der Waals surface area contributed by atoms with E-state index in [1.165, 1.54) is 12.2 Å². The number of allylic oxidation sites excluding steroid dienone is 10. The Morgan fingerprint density at radius 3 is 2.06 bits per heavy atom. The van der Waals surface area contributed by atoms with Gasteiger partial charge in [-0.1, -0.05) is 74.6 Å². The molecular formula is C26H36N2O3S. The first-order valence-corrected chi connectivity index (χ1v) is 12.1. The van der Waals surface area contributed by atoms with Crippen LogP contribution in [0.1, 0.15) is 41.5 Å². The minimum Gasteiger partial charge on any atom is -0.325 e. The Bertz CT molecular complexity index is 968. The Hall–Kier alpha value is -3.12. The van der Waals surface area contributed by atoms with E-state index < -0.39 is 15.9 Å². The van der Waals surface area contributed by atoms with E-state index in [1.54, 1.807) is 87.6 Å². The summed E-state index contributed by atoms with van der Waals surface area (Å²) in [6, 6.07) is 8.93. The summed E-state index contributed by atoms with van der Waals surface area (Å²) in [5.41, 5.74) is 0.997. The summed E-state index contributed by atoms with van der Waals surface area (Å²) < 4.78 is 28.0. The molecule has 0 atom stereocenters. The molecule has 0 unspecified atom stereocenters. The van der Waals surface area contributed by atoms with Crippen molar-refractivity contribution in [1.82, 2.24) is 4.31 Å². The molecule has 1 amide bonds. The molecule has 1 rings (SSSR count). The van der Waals surface area contributed by atoms with Gasteiger partial charge in [0.05, 0.1) is 4.91 Å². The fourth-order valence-electron chi connectivity index (χ4n) is 2.47. The van der Waals surface area contributed by atoms with Crippen LogP contribution in [0.15, 0.2) is 102 Å². The van der Waals surface area contributed by atoms with Crippen LogP contribution in [0.4, 0.5) is 5.69 Å². The predicted octanol–water partition coefficient (Wildman–Crippen LogP) is 6.36. The molecule has 0 aliphatic rings. The van der Waals surface area contributed by atoms with Crippen molar-refractivity contribution >= 4 is 21.6 Å². The second-order valence-corrected chi connectivity index (χ2v) is 7.98. The van der Waals surface area contributed by atoms with Crippen molar-refractivity contribution in [2.24, 2.45) is 0 Å². The summed E-state index contributed by atoms with van der Waals surface area (Å²) in [6.45, 7) is 10.8. The Morgan fingerprint density at radius 1 is 0.906 bits per heavy atom. The van der Waals surface area contributed by atoms with Gasteiger partial charge in [0.15, 0.2) is 0 Å². The topological polar surface area (TPSA) is 66.5 Å². The van der Waals surface area contributed by atoms with Crippen LogP contribution in [0.2, 0.25) is 0 Å². The van der Waals surface area contributed by atoms with Crippen molar-refractivity contribution in [3.63, 3.8) is 0 Å². The van der Waals surface area contributed by atoms with Gasteiger partial charge in [0, 0.05) is 11.4 Å². The number of para-hydroxylation sites is 1. The average molecular weight is 457 g/mol. The third kappa shape index (κ3) is 9.79. The lowest BCUT2D eigenvalue weighted by Crippen LogP contribution is -2.37. The molecule has 0 aromatic heterocycles. The number of nitrogens with zero attached hydrogens (tertiary/aromatic N) is 1. The summed E-state index contributed by atoms with van der Waals surface area (Å²) in [5.74, 6) is -0.436. The number of anilines is 1. The van der Waals surface area contributed by atoms with Crippen LogP contribution in [-0.4, -0.2) is 25.2 Å². The van der Waals surface area contributed by atoms with Crippen molar-refractivity contribution in [1.29, 1.82) is 0 Å². The first-order valence-electron chi connectivity index (χ1n) is 10.7. The first kappa shape index (κ1) is 28.9. The fourth-order valence-corrected chi connectivity index (χ4v) is 4.01. The predicted molar refractivity (Wildman–Crippen MR) is 137 cm³/mol. The minimum absolute atomic E-state index is 0.0920.